The minimum absolute atomic E-state index is 0.449. The molecule has 0 radical (unpaired) electrons. The van der Waals surface area contributed by atoms with Crippen LogP contribution in [-0.2, 0) is 0 Å². The molecular weight excluding hydrogens is 260 g/mol. The van der Waals surface area contributed by atoms with E-state index >= 15 is 0 Å². The van der Waals surface area contributed by atoms with E-state index < -0.39 is 0 Å². The summed E-state index contributed by atoms with van der Waals surface area (Å²) in [6.45, 7) is 4.01. The van der Waals surface area contributed by atoms with Crippen LogP contribution in [0, 0.1) is 13.8 Å². The van der Waals surface area contributed by atoms with E-state index in [9.17, 15) is 9.59 Å². The number of carbonyl (C=O) groups is 2. The lowest BCUT2D eigenvalue weighted by Gasteiger charge is -2.03. The minimum Gasteiger partial charge on any atom is -0.297 e. The van der Waals surface area contributed by atoms with E-state index in [-0.39, 0.29) is 0 Å². The largest absolute Gasteiger partial charge is 0.297 e. The van der Waals surface area contributed by atoms with Crippen LogP contribution in [0.5, 0.6) is 0 Å². The van der Waals surface area contributed by atoms with Crippen LogP contribution >= 0.6 is 11.3 Å². The summed E-state index contributed by atoms with van der Waals surface area (Å²) >= 11 is 1.13. The molecule has 0 spiro atoms. The monoisotopic (exact) mass is 270 g/mol. The van der Waals surface area contributed by atoms with Gasteiger partial charge in [0.1, 0.15) is 11.0 Å². The molecule has 3 rings (SSSR count). The fourth-order valence-corrected chi connectivity index (χ4v) is 2.84. The highest BCUT2D eigenvalue weighted by Crippen LogP contribution is 2.28. The van der Waals surface area contributed by atoms with E-state index in [4.69, 9.17) is 0 Å². The highest BCUT2D eigenvalue weighted by Gasteiger charge is 2.14. The fraction of sp³-hybridized carbons (Fsp3) is 0.143. The van der Waals surface area contributed by atoms with Crippen molar-refractivity contribution in [2.24, 2.45) is 0 Å². The molecule has 0 unspecified atom stereocenters. The Balaban J connectivity index is 2.49. The maximum absolute atomic E-state index is 11.0. The van der Waals surface area contributed by atoms with Gasteiger partial charge in [0.2, 0.25) is 0 Å². The zero-order valence-electron chi connectivity index (χ0n) is 10.4. The molecule has 0 atom stereocenters. The van der Waals surface area contributed by atoms with E-state index in [1.165, 1.54) is 0 Å². The van der Waals surface area contributed by atoms with Crippen LogP contribution < -0.4 is 0 Å². The van der Waals surface area contributed by atoms with Crippen LogP contribution in [-0.4, -0.2) is 22.5 Å². The summed E-state index contributed by atoms with van der Waals surface area (Å²) < 4.78 is 0. The fourth-order valence-electron chi connectivity index (χ4n) is 2.03. The Morgan fingerprint density at radius 2 is 1.32 bits per heavy atom. The third-order valence-electron chi connectivity index (χ3n) is 3.18. The molecule has 0 fully saturated rings. The second-order valence-electron chi connectivity index (χ2n) is 4.41. The Bertz CT molecular complexity index is 769. The highest BCUT2D eigenvalue weighted by atomic mass is 32.1. The van der Waals surface area contributed by atoms with Crippen molar-refractivity contribution >= 4 is 46.0 Å². The molecule has 0 saturated heterocycles. The van der Waals surface area contributed by atoms with Gasteiger partial charge in [-0.15, -0.1) is 11.3 Å². The van der Waals surface area contributed by atoms with E-state index in [1.807, 2.05) is 26.0 Å². The molecule has 0 aliphatic heterocycles. The maximum Gasteiger partial charge on any atom is 0.162 e. The first-order valence-corrected chi connectivity index (χ1v) is 6.57. The van der Waals surface area contributed by atoms with Gasteiger partial charge in [-0.3, -0.25) is 9.59 Å². The lowest BCUT2D eigenvalue weighted by molar-refractivity contribution is 0.112. The van der Waals surface area contributed by atoms with E-state index in [0.717, 1.165) is 46.1 Å². The number of thiophene rings is 1. The summed E-state index contributed by atoms with van der Waals surface area (Å²) in [5.41, 5.74) is 4.76. The number of benzene rings is 1. The first-order valence-electron chi connectivity index (χ1n) is 5.76. The molecule has 0 saturated carbocycles. The second-order valence-corrected chi connectivity index (χ2v) is 5.50. The summed E-state index contributed by atoms with van der Waals surface area (Å²) in [5.74, 6) is 0. The molecule has 0 aliphatic rings. The molecule has 94 valence electrons. The Morgan fingerprint density at radius 3 is 1.68 bits per heavy atom. The zero-order chi connectivity index (χ0) is 13.6. The smallest absolute Gasteiger partial charge is 0.162 e. The number of nitrogens with zero attached hydrogens (tertiary/aromatic N) is 2. The number of aryl methyl sites for hydroxylation is 2. The van der Waals surface area contributed by atoms with Gasteiger partial charge in [0.05, 0.1) is 20.8 Å². The summed E-state index contributed by atoms with van der Waals surface area (Å²) in [7, 11) is 0. The maximum atomic E-state index is 11.0. The molecular formula is C14H10N2O2S. The van der Waals surface area contributed by atoms with Crippen molar-refractivity contribution in [2.75, 3.05) is 0 Å². The number of carbonyl (C=O) groups excluding carboxylic acids is 2. The van der Waals surface area contributed by atoms with E-state index in [0.29, 0.717) is 20.8 Å². The predicted octanol–water partition coefficient (Wildman–Crippen LogP) is 3.09. The summed E-state index contributed by atoms with van der Waals surface area (Å²) in [6.07, 6.45) is 1.45. The summed E-state index contributed by atoms with van der Waals surface area (Å²) in [5, 5.41) is 0. The molecule has 0 amide bonds. The van der Waals surface area contributed by atoms with Gasteiger partial charge in [-0.25, -0.2) is 9.97 Å². The van der Waals surface area contributed by atoms with Crippen molar-refractivity contribution in [3.63, 3.8) is 0 Å². The third-order valence-corrected chi connectivity index (χ3v) is 4.20. The summed E-state index contributed by atoms with van der Waals surface area (Å²) in [4.78, 5) is 31.9. The van der Waals surface area contributed by atoms with Crippen LogP contribution in [0.2, 0.25) is 0 Å². The summed E-state index contributed by atoms with van der Waals surface area (Å²) in [6, 6.07) is 3.90. The van der Waals surface area contributed by atoms with Crippen molar-refractivity contribution < 1.29 is 9.59 Å². The Labute approximate surface area is 113 Å². The van der Waals surface area contributed by atoms with Crippen LogP contribution in [0.25, 0.3) is 22.1 Å². The van der Waals surface area contributed by atoms with Gasteiger partial charge in [0.15, 0.2) is 12.6 Å². The van der Waals surface area contributed by atoms with Crippen molar-refractivity contribution in [3.05, 3.63) is 33.0 Å². The van der Waals surface area contributed by atoms with Gasteiger partial charge >= 0.3 is 0 Å². The zero-order valence-corrected chi connectivity index (χ0v) is 11.2. The van der Waals surface area contributed by atoms with Crippen molar-refractivity contribution in [2.45, 2.75) is 13.8 Å². The first-order chi connectivity index (χ1) is 9.13. The first kappa shape index (κ1) is 11.9. The van der Waals surface area contributed by atoms with Crippen molar-refractivity contribution in [1.29, 1.82) is 0 Å². The molecule has 2 heterocycles. The highest BCUT2D eigenvalue weighted by molar-refractivity contribution is 7.17. The molecule has 3 aromatic rings. The van der Waals surface area contributed by atoms with E-state index in [2.05, 4.69) is 9.97 Å². The number of rotatable bonds is 2. The van der Waals surface area contributed by atoms with Gasteiger partial charge in [-0.1, -0.05) is 0 Å². The lowest BCUT2D eigenvalue weighted by atomic mass is 10.1. The number of hydrogen-bond donors (Lipinski definition) is 0. The molecule has 19 heavy (non-hydrogen) atoms. The molecule has 5 heteroatoms. The average molecular weight is 270 g/mol. The van der Waals surface area contributed by atoms with Gasteiger partial charge in [-0.05, 0) is 37.1 Å². The van der Waals surface area contributed by atoms with Crippen LogP contribution in [0.3, 0.4) is 0 Å². The molecule has 0 N–H and O–H groups in total. The van der Waals surface area contributed by atoms with Crippen LogP contribution in [0.4, 0.5) is 0 Å². The van der Waals surface area contributed by atoms with E-state index in [1.54, 1.807) is 0 Å². The van der Waals surface area contributed by atoms with Gasteiger partial charge in [0, 0.05) is 0 Å². The average Bonchev–Trinajstić information content (AvgIpc) is 2.75. The number of fused-ring (bicyclic) bond motifs is 2. The van der Waals surface area contributed by atoms with Crippen molar-refractivity contribution in [3.8, 4) is 0 Å². The van der Waals surface area contributed by atoms with Gasteiger partial charge < -0.3 is 0 Å². The molecule has 2 aromatic heterocycles. The van der Waals surface area contributed by atoms with Crippen LogP contribution in [0.1, 0.15) is 30.5 Å². The number of aromatic nitrogens is 2. The van der Waals surface area contributed by atoms with Gasteiger partial charge in [0.25, 0.3) is 0 Å². The lowest BCUT2D eigenvalue weighted by Crippen LogP contribution is -1.91. The third kappa shape index (κ3) is 1.74. The number of hydrogen-bond acceptors (Lipinski definition) is 5. The quantitative estimate of drug-likeness (QED) is 0.671. The molecule has 1 aromatic carbocycles. The van der Waals surface area contributed by atoms with Crippen molar-refractivity contribution in [1.82, 2.24) is 9.97 Å². The normalized spacial score (nSPS) is 11.1. The topological polar surface area (TPSA) is 59.9 Å². The Hall–Kier alpha value is -2.14. The Kier molecular flexibility index (Phi) is 2.64. The molecule has 4 nitrogen and oxygen atoms in total. The Morgan fingerprint density at radius 1 is 0.895 bits per heavy atom. The number of aldehydes is 2. The molecule has 0 bridgehead atoms. The van der Waals surface area contributed by atoms with Crippen LogP contribution in [0.15, 0.2) is 12.1 Å². The van der Waals surface area contributed by atoms with Gasteiger partial charge in [-0.2, -0.15) is 0 Å². The predicted molar refractivity (Wildman–Crippen MR) is 75.2 cm³/mol. The standard InChI is InChI=1S/C14H10N2O2S/c1-7-3-9-10(4-8(7)2)16-14-12(6-18)19-11(5-17)13(14)15-9/h3-6H,1-2H3. The SMILES string of the molecule is Cc1cc2nc3c(C=O)sc(C=O)c3nc2cc1C. The second kappa shape index (κ2) is 4.20. The minimum atomic E-state index is 0.449. The molecule has 0 aliphatic carbocycles.